The number of benzene rings is 2. The van der Waals surface area contributed by atoms with Crippen molar-refractivity contribution in [2.75, 3.05) is 13.2 Å². The Hall–Kier alpha value is -3.82. The standard InChI is InChI=1S/C26H25F2N3O4/c1-16-8-10-18(11-9-16)26(14-32,15-33)30-25(34)23-17(2)29-24-22(7-4-12-31(23)24)35-13-19-20(27)5-3-6-21(19)28/h3-12,32-33H,13-15H2,1-2H3,(H,30,34). The Kier molecular flexibility index (Phi) is 6.81. The summed E-state index contributed by atoms with van der Waals surface area (Å²) in [7, 11) is 0. The van der Waals surface area contributed by atoms with Crippen LogP contribution in [0.5, 0.6) is 5.75 Å². The number of carbonyl (C=O) groups is 1. The molecule has 35 heavy (non-hydrogen) atoms. The van der Waals surface area contributed by atoms with Crippen LogP contribution in [0.4, 0.5) is 8.78 Å². The van der Waals surface area contributed by atoms with Gasteiger partial charge in [0.05, 0.1) is 24.5 Å². The number of ether oxygens (including phenoxy) is 1. The van der Waals surface area contributed by atoms with Crippen molar-refractivity contribution in [3.05, 3.63) is 101 Å². The highest BCUT2D eigenvalue weighted by molar-refractivity contribution is 5.95. The van der Waals surface area contributed by atoms with Crippen LogP contribution in [0, 0.1) is 25.5 Å². The molecule has 9 heteroatoms. The maximum atomic E-state index is 14.0. The van der Waals surface area contributed by atoms with Crippen molar-refractivity contribution in [2.24, 2.45) is 0 Å². The second-order valence-corrected chi connectivity index (χ2v) is 8.32. The molecule has 0 atom stereocenters. The molecule has 0 radical (unpaired) electrons. The zero-order valence-corrected chi connectivity index (χ0v) is 19.3. The van der Waals surface area contributed by atoms with Crippen molar-refractivity contribution < 1.29 is 28.5 Å². The van der Waals surface area contributed by atoms with E-state index in [0.29, 0.717) is 11.3 Å². The number of hydrogen-bond donors (Lipinski definition) is 3. The summed E-state index contributed by atoms with van der Waals surface area (Å²) in [5, 5.41) is 23.0. The molecule has 0 unspecified atom stereocenters. The number of aryl methyl sites for hydroxylation is 2. The molecule has 3 N–H and O–H groups in total. The van der Waals surface area contributed by atoms with Gasteiger partial charge in [-0.1, -0.05) is 35.9 Å². The second-order valence-electron chi connectivity index (χ2n) is 8.32. The van der Waals surface area contributed by atoms with E-state index in [1.807, 2.05) is 19.1 Å². The van der Waals surface area contributed by atoms with E-state index in [-0.39, 0.29) is 29.3 Å². The second kappa shape index (κ2) is 9.81. The van der Waals surface area contributed by atoms with Crippen LogP contribution in [0.25, 0.3) is 5.65 Å². The lowest BCUT2D eigenvalue weighted by atomic mass is 9.90. The van der Waals surface area contributed by atoms with Gasteiger partial charge in [-0.3, -0.25) is 9.20 Å². The molecule has 0 saturated carbocycles. The average molecular weight is 481 g/mol. The average Bonchev–Trinajstić information content (AvgIpc) is 3.19. The summed E-state index contributed by atoms with van der Waals surface area (Å²) in [6.07, 6.45) is 1.60. The van der Waals surface area contributed by atoms with Crippen LogP contribution in [0.2, 0.25) is 0 Å². The minimum absolute atomic E-state index is 0.168. The summed E-state index contributed by atoms with van der Waals surface area (Å²) in [4.78, 5) is 17.8. The first-order valence-electron chi connectivity index (χ1n) is 10.9. The monoisotopic (exact) mass is 481 g/mol. The quantitative estimate of drug-likeness (QED) is 0.359. The molecule has 0 fully saturated rings. The number of aromatic nitrogens is 2. The topological polar surface area (TPSA) is 96.1 Å². The van der Waals surface area contributed by atoms with Crippen molar-refractivity contribution in [2.45, 2.75) is 26.0 Å². The molecule has 0 aliphatic carbocycles. The number of nitrogens with one attached hydrogen (secondary N) is 1. The van der Waals surface area contributed by atoms with E-state index in [1.165, 1.54) is 10.5 Å². The highest BCUT2D eigenvalue weighted by Gasteiger charge is 2.34. The molecule has 182 valence electrons. The van der Waals surface area contributed by atoms with Gasteiger partial charge in [0.2, 0.25) is 0 Å². The fraction of sp³-hybridized carbons (Fsp3) is 0.231. The maximum absolute atomic E-state index is 14.0. The first-order valence-corrected chi connectivity index (χ1v) is 10.9. The molecule has 2 heterocycles. The minimum Gasteiger partial charge on any atom is -0.485 e. The number of halogens is 2. The van der Waals surface area contributed by atoms with Gasteiger partial charge < -0.3 is 20.3 Å². The van der Waals surface area contributed by atoms with E-state index in [2.05, 4.69) is 10.3 Å². The first-order chi connectivity index (χ1) is 16.8. The Morgan fingerprint density at radius 2 is 1.69 bits per heavy atom. The maximum Gasteiger partial charge on any atom is 0.271 e. The Morgan fingerprint density at radius 1 is 1.03 bits per heavy atom. The number of aliphatic hydroxyl groups is 2. The van der Waals surface area contributed by atoms with Gasteiger partial charge in [0.25, 0.3) is 5.91 Å². The highest BCUT2D eigenvalue weighted by Crippen LogP contribution is 2.26. The van der Waals surface area contributed by atoms with Crippen molar-refractivity contribution in [1.82, 2.24) is 14.7 Å². The van der Waals surface area contributed by atoms with Gasteiger partial charge >= 0.3 is 0 Å². The molecular weight excluding hydrogens is 456 g/mol. The number of hydrogen-bond acceptors (Lipinski definition) is 5. The molecule has 2 aromatic carbocycles. The predicted molar refractivity (Wildman–Crippen MR) is 125 cm³/mol. The van der Waals surface area contributed by atoms with Gasteiger partial charge in [0, 0.05) is 6.20 Å². The van der Waals surface area contributed by atoms with Crippen molar-refractivity contribution in [1.29, 1.82) is 0 Å². The van der Waals surface area contributed by atoms with Crippen LogP contribution >= 0.6 is 0 Å². The summed E-state index contributed by atoms with van der Waals surface area (Å²) in [6, 6.07) is 13.9. The molecule has 1 amide bonds. The summed E-state index contributed by atoms with van der Waals surface area (Å²) in [5.74, 6) is -1.80. The van der Waals surface area contributed by atoms with E-state index in [4.69, 9.17) is 4.74 Å². The molecule has 4 rings (SSSR count). The van der Waals surface area contributed by atoms with Crippen molar-refractivity contribution in [3.63, 3.8) is 0 Å². The Bertz CT molecular complexity index is 1350. The summed E-state index contributed by atoms with van der Waals surface area (Å²) < 4.78 is 35.1. The predicted octanol–water partition coefficient (Wildman–Crippen LogP) is 3.42. The van der Waals surface area contributed by atoms with Crippen molar-refractivity contribution in [3.8, 4) is 5.75 Å². The van der Waals surface area contributed by atoms with E-state index in [9.17, 15) is 23.8 Å². The molecule has 0 aliphatic rings. The number of rotatable bonds is 8. The largest absolute Gasteiger partial charge is 0.485 e. The summed E-state index contributed by atoms with van der Waals surface area (Å²) in [5.41, 5.74) is 0.711. The van der Waals surface area contributed by atoms with Crippen molar-refractivity contribution >= 4 is 11.6 Å². The summed E-state index contributed by atoms with van der Waals surface area (Å²) in [6.45, 7) is 2.11. The van der Waals surface area contributed by atoms with Crippen LogP contribution in [0.15, 0.2) is 60.8 Å². The number of amides is 1. The molecular formula is C26H25F2N3O4. The third-order valence-corrected chi connectivity index (χ3v) is 5.93. The van der Waals surface area contributed by atoms with Gasteiger partial charge in [-0.2, -0.15) is 0 Å². The van der Waals surface area contributed by atoms with E-state index >= 15 is 0 Å². The molecule has 2 aromatic heterocycles. The summed E-state index contributed by atoms with van der Waals surface area (Å²) >= 11 is 0. The van der Waals surface area contributed by atoms with Gasteiger partial charge in [-0.25, -0.2) is 13.8 Å². The zero-order chi connectivity index (χ0) is 25.2. The molecule has 0 aliphatic heterocycles. The van der Waals surface area contributed by atoms with Crippen LogP contribution < -0.4 is 10.1 Å². The third kappa shape index (κ3) is 4.60. The number of imidazole rings is 1. The molecule has 7 nitrogen and oxygen atoms in total. The lowest BCUT2D eigenvalue weighted by molar-refractivity contribution is 0.0652. The Balaban J connectivity index is 1.66. The number of pyridine rings is 1. The lowest BCUT2D eigenvalue weighted by Gasteiger charge is -2.31. The van der Waals surface area contributed by atoms with Crippen LogP contribution in [0.1, 0.15) is 32.9 Å². The minimum atomic E-state index is -1.42. The van der Waals surface area contributed by atoms with Gasteiger partial charge in [-0.15, -0.1) is 0 Å². The Morgan fingerprint density at radius 3 is 2.31 bits per heavy atom. The number of aliphatic hydroxyl groups excluding tert-OH is 2. The molecule has 4 aromatic rings. The van der Waals surface area contributed by atoms with Crippen LogP contribution in [0.3, 0.4) is 0 Å². The van der Waals surface area contributed by atoms with Gasteiger partial charge in [0.15, 0.2) is 11.4 Å². The smallest absolute Gasteiger partial charge is 0.271 e. The van der Waals surface area contributed by atoms with E-state index in [1.54, 1.807) is 37.4 Å². The zero-order valence-electron chi connectivity index (χ0n) is 19.3. The number of fused-ring (bicyclic) bond motifs is 1. The Labute approximate surface area is 200 Å². The van der Waals surface area contributed by atoms with Gasteiger partial charge in [0.1, 0.15) is 29.5 Å². The van der Waals surface area contributed by atoms with Gasteiger partial charge in [-0.05, 0) is 43.7 Å². The third-order valence-electron chi connectivity index (χ3n) is 5.93. The lowest BCUT2D eigenvalue weighted by Crippen LogP contribution is -2.51. The first kappa shape index (κ1) is 24.3. The van der Waals surface area contributed by atoms with E-state index in [0.717, 1.165) is 17.7 Å². The van der Waals surface area contributed by atoms with E-state index < -0.39 is 36.3 Å². The fourth-order valence-electron chi connectivity index (χ4n) is 3.90. The molecule has 0 saturated heterocycles. The molecule has 0 spiro atoms. The highest BCUT2D eigenvalue weighted by atomic mass is 19.1. The molecule has 0 bridgehead atoms. The van der Waals surface area contributed by atoms with Crippen LogP contribution in [-0.4, -0.2) is 38.7 Å². The fourth-order valence-corrected chi connectivity index (χ4v) is 3.90. The number of nitrogens with zero attached hydrogens (tertiary/aromatic N) is 2. The normalized spacial score (nSPS) is 11.6. The van der Waals surface area contributed by atoms with Crippen LogP contribution in [-0.2, 0) is 12.1 Å². The SMILES string of the molecule is Cc1ccc(C(CO)(CO)NC(=O)c2c(C)nc3c(OCc4c(F)cccc4F)cccn23)cc1. The number of carbonyl (C=O) groups excluding carboxylic acids is 1.